The summed E-state index contributed by atoms with van der Waals surface area (Å²) in [7, 11) is 0. The van der Waals surface area contributed by atoms with Crippen LogP contribution < -0.4 is 0 Å². The van der Waals surface area contributed by atoms with Crippen molar-refractivity contribution < 1.29 is 4.39 Å². The van der Waals surface area contributed by atoms with Crippen molar-refractivity contribution in [3.8, 4) is 16.9 Å². The van der Waals surface area contributed by atoms with E-state index in [0.717, 1.165) is 22.6 Å². The third-order valence-electron chi connectivity index (χ3n) is 4.01. The van der Waals surface area contributed by atoms with E-state index in [1.807, 2.05) is 12.1 Å². The highest BCUT2D eigenvalue weighted by atomic mass is 19.1. The fourth-order valence-electron chi connectivity index (χ4n) is 2.76. The van der Waals surface area contributed by atoms with Gasteiger partial charge in [-0.25, -0.2) is 4.39 Å². The first-order valence-electron chi connectivity index (χ1n) is 7.61. The third-order valence-corrected chi connectivity index (χ3v) is 4.01. The highest BCUT2D eigenvalue weighted by Crippen LogP contribution is 2.27. The molecular weight excluding hydrogens is 273 g/mol. The van der Waals surface area contributed by atoms with Crippen LogP contribution in [0.5, 0.6) is 0 Å². The molecule has 0 fully saturated rings. The SMILES string of the molecule is Cc1ccc(-c2cccc(F)c2)n1-c1ccc(C(C)C)cc1. The monoisotopic (exact) mass is 293 g/mol. The van der Waals surface area contributed by atoms with E-state index in [9.17, 15) is 4.39 Å². The molecule has 0 aliphatic carbocycles. The molecule has 0 spiro atoms. The Hall–Kier alpha value is -2.35. The number of rotatable bonds is 3. The average Bonchev–Trinajstić information content (AvgIpc) is 2.89. The quantitative estimate of drug-likeness (QED) is 0.582. The number of benzene rings is 2. The van der Waals surface area contributed by atoms with Crippen molar-refractivity contribution in [2.24, 2.45) is 0 Å². The van der Waals surface area contributed by atoms with Gasteiger partial charge < -0.3 is 4.57 Å². The molecule has 2 heteroatoms. The molecule has 1 nitrogen and oxygen atoms in total. The second kappa shape index (κ2) is 5.80. The Morgan fingerprint density at radius 2 is 1.64 bits per heavy atom. The summed E-state index contributed by atoms with van der Waals surface area (Å²) in [6.45, 7) is 6.45. The second-order valence-electron chi connectivity index (χ2n) is 5.95. The van der Waals surface area contributed by atoms with Gasteiger partial charge in [0.1, 0.15) is 5.82 Å². The van der Waals surface area contributed by atoms with Gasteiger partial charge in [-0.3, -0.25) is 0 Å². The van der Waals surface area contributed by atoms with Gasteiger partial charge in [-0.2, -0.15) is 0 Å². The van der Waals surface area contributed by atoms with Crippen LogP contribution in [-0.4, -0.2) is 4.57 Å². The molecule has 1 heterocycles. The summed E-state index contributed by atoms with van der Waals surface area (Å²) in [6.07, 6.45) is 0. The van der Waals surface area contributed by atoms with Gasteiger partial charge in [0.05, 0.1) is 5.69 Å². The molecule has 0 saturated carbocycles. The Kier molecular flexibility index (Phi) is 3.84. The smallest absolute Gasteiger partial charge is 0.123 e. The Labute approximate surface area is 131 Å². The highest BCUT2D eigenvalue weighted by Gasteiger charge is 2.10. The van der Waals surface area contributed by atoms with E-state index in [4.69, 9.17) is 0 Å². The molecule has 1 aromatic heterocycles. The summed E-state index contributed by atoms with van der Waals surface area (Å²) in [5.41, 5.74) is 5.46. The first-order valence-corrected chi connectivity index (χ1v) is 7.61. The molecule has 2 aromatic carbocycles. The molecular formula is C20H20FN. The Morgan fingerprint density at radius 1 is 0.909 bits per heavy atom. The van der Waals surface area contributed by atoms with Crippen molar-refractivity contribution in [2.75, 3.05) is 0 Å². The molecule has 0 N–H and O–H groups in total. The van der Waals surface area contributed by atoms with Crippen LogP contribution in [-0.2, 0) is 0 Å². The summed E-state index contributed by atoms with van der Waals surface area (Å²) < 4.78 is 15.7. The average molecular weight is 293 g/mol. The minimum atomic E-state index is -0.210. The molecule has 0 saturated heterocycles. The van der Waals surface area contributed by atoms with Crippen LogP contribution in [0, 0.1) is 12.7 Å². The molecule has 0 unspecified atom stereocenters. The number of hydrogen-bond donors (Lipinski definition) is 0. The summed E-state index contributed by atoms with van der Waals surface area (Å²) in [6, 6.07) is 19.4. The molecule has 0 bridgehead atoms. The van der Waals surface area contributed by atoms with E-state index in [1.165, 1.54) is 11.6 Å². The maximum Gasteiger partial charge on any atom is 0.123 e. The molecule has 0 radical (unpaired) electrons. The normalized spacial score (nSPS) is 11.1. The van der Waals surface area contributed by atoms with E-state index < -0.39 is 0 Å². The number of aromatic nitrogens is 1. The fourth-order valence-corrected chi connectivity index (χ4v) is 2.76. The number of aryl methyl sites for hydroxylation is 1. The lowest BCUT2D eigenvalue weighted by Gasteiger charge is -2.14. The Morgan fingerprint density at radius 3 is 2.27 bits per heavy atom. The molecule has 0 aliphatic rings. The summed E-state index contributed by atoms with van der Waals surface area (Å²) >= 11 is 0. The van der Waals surface area contributed by atoms with Crippen LogP contribution >= 0.6 is 0 Å². The minimum absolute atomic E-state index is 0.210. The molecule has 3 aromatic rings. The van der Waals surface area contributed by atoms with Gasteiger partial charge in [-0.15, -0.1) is 0 Å². The van der Waals surface area contributed by atoms with Gasteiger partial charge in [-0.1, -0.05) is 38.1 Å². The van der Waals surface area contributed by atoms with Crippen LogP contribution in [0.1, 0.15) is 31.0 Å². The van der Waals surface area contributed by atoms with Crippen LogP contribution in [0.15, 0.2) is 60.7 Å². The first kappa shape index (κ1) is 14.6. The molecule has 3 rings (SSSR count). The predicted molar refractivity (Wildman–Crippen MR) is 90.0 cm³/mol. The maximum atomic E-state index is 13.5. The maximum absolute atomic E-state index is 13.5. The number of halogens is 1. The van der Waals surface area contributed by atoms with Gasteiger partial charge >= 0.3 is 0 Å². The second-order valence-corrected chi connectivity index (χ2v) is 5.95. The van der Waals surface area contributed by atoms with Gasteiger partial charge in [0.2, 0.25) is 0 Å². The molecule has 0 amide bonds. The van der Waals surface area contributed by atoms with Gasteiger partial charge in [0, 0.05) is 16.9 Å². The van der Waals surface area contributed by atoms with Gasteiger partial charge in [0.15, 0.2) is 0 Å². The van der Waals surface area contributed by atoms with Crippen molar-refractivity contribution in [3.05, 3.63) is 77.7 Å². The Balaban J connectivity index is 2.09. The summed E-state index contributed by atoms with van der Waals surface area (Å²) in [5.74, 6) is 0.306. The third kappa shape index (κ3) is 2.69. The van der Waals surface area contributed by atoms with Crippen LogP contribution in [0.3, 0.4) is 0 Å². The molecule has 112 valence electrons. The van der Waals surface area contributed by atoms with E-state index >= 15 is 0 Å². The zero-order valence-electron chi connectivity index (χ0n) is 13.2. The molecule has 0 atom stereocenters. The lowest BCUT2D eigenvalue weighted by Crippen LogP contribution is -1.99. The van der Waals surface area contributed by atoms with Crippen molar-refractivity contribution in [1.29, 1.82) is 0 Å². The largest absolute Gasteiger partial charge is 0.314 e. The van der Waals surface area contributed by atoms with Crippen molar-refractivity contribution in [2.45, 2.75) is 26.7 Å². The van der Waals surface area contributed by atoms with Crippen LogP contribution in [0.25, 0.3) is 16.9 Å². The lowest BCUT2D eigenvalue weighted by molar-refractivity contribution is 0.628. The predicted octanol–water partition coefficient (Wildman–Crippen LogP) is 5.72. The van der Waals surface area contributed by atoms with Crippen LogP contribution in [0.4, 0.5) is 4.39 Å². The molecule has 22 heavy (non-hydrogen) atoms. The first-order chi connectivity index (χ1) is 10.6. The summed E-state index contributed by atoms with van der Waals surface area (Å²) in [4.78, 5) is 0. The highest BCUT2D eigenvalue weighted by molar-refractivity contribution is 5.64. The van der Waals surface area contributed by atoms with E-state index in [1.54, 1.807) is 12.1 Å². The van der Waals surface area contributed by atoms with Gasteiger partial charge in [0.25, 0.3) is 0 Å². The lowest BCUT2D eigenvalue weighted by atomic mass is 10.0. The topological polar surface area (TPSA) is 4.93 Å². The van der Waals surface area contributed by atoms with E-state index in [2.05, 4.69) is 55.7 Å². The zero-order chi connectivity index (χ0) is 15.7. The van der Waals surface area contributed by atoms with E-state index in [-0.39, 0.29) is 5.82 Å². The zero-order valence-corrected chi connectivity index (χ0v) is 13.2. The van der Waals surface area contributed by atoms with Crippen molar-refractivity contribution >= 4 is 0 Å². The number of hydrogen-bond acceptors (Lipinski definition) is 0. The number of nitrogens with zero attached hydrogens (tertiary/aromatic N) is 1. The van der Waals surface area contributed by atoms with Crippen LogP contribution in [0.2, 0.25) is 0 Å². The van der Waals surface area contributed by atoms with Gasteiger partial charge in [-0.05, 0) is 54.8 Å². The van der Waals surface area contributed by atoms with E-state index in [0.29, 0.717) is 5.92 Å². The fraction of sp³-hybridized carbons (Fsp3) is 0.200. The van der Waals surface area contributed by atoms with Crippen molar-refractivity contribution in [3.63, 3.8) is 0 Å². The van der Waals surface area contributed by atoms with Crippen molar-refractivity contribution in [1.82, 2.24) is 4.57 Å². The molecule has 0 aliphatic heterocycles. The standard InChI is InChI=1S/C20H20FN/c1-14(2)16-8-10-19(11-9-16)22-15(3)7-12-20(22)17-5-4-6-18(21)13-17/h4-14H,1-3H3. The Bertz CT molecular complexity index is 782. The minimum Gasteiger partial charge on any atom is -0.314 e. The summed E-state index contributed by atoms with van der Waals surface area (Å²) in [5, 5.41) is 0.